The largest absolute Gasteiger partial charge is 0.481 e. The molecule has 1 amide bonds. The molecule has 7 heteroatoms. The van der Waals surface area contributed by atoms with Crippen LogP contribution >= 0.6 is 22.9 Å². The van der Waals surface area contributed by atoms with E-state index in [0.29, 0.717) is 22.3 Å². The summed E-state index contributed by atoms with van der Waals surface area (Å²) in [5, 5.41) is 12.7. The standard InChI is InChI=1S/C18H16ClN3O2S/c1-2-15(24-14-10-6-9-13(19)11-14)16(23)20-18-22-21-17(25-18)12-7-4-3-5-8-12/h3-11,15H,2H2,1H3,(H,20,22,23)/t15-/m0/s1. The van der Waals surface area contributed by atoms with Crippen LogP contribution in [0.15, 0.2) is 54.6 Å². The predicted octanol–water partition coefficient (Wildman–Crippen LogP) is 4.65. The molecule has 25 heavy (non-hydrogen) atoms. The van der Waals surface area contributed by atoms with Crippen molar-refractivity contribution in [3.05, 3.63) is 59.6 Å². The van der Waals surface area contributed by atoms with E-state index in [2.05, 4.69) is 15.5 Å². The quantitative estimate of drug-likeness (QED) is 0.682. The highest BCUT2D eigenvalue weighted by Crippen LogP contribution is 2.26. The smallest absolute Gasteiger partial charge is 0.267 e. The van der Waals surface area contributed by atoms with Gasteiger partial charge in [-0.05, 0) is 24.6 Å². The van der Waals surface area contributed by atoms with E-state index in [1.807, 2.05) is 37.3 Å². The van der Waals surface area contributed by atoms with E-state index < -0.39 is 6.10 Å². The fraction of sp³-hybridized carbons (Fsp3) is 0.167. The molecule has 0 radical (unpaired) electrons. The van der Waals surface area contributed by atoms with Gasteiger partial charge in [0.1, 0.15) is 10.8 Å². The van der Waals surface area contributed by atoms with E-state index in [1.165, 1.54) is 11.3 Å². The summed E-state index contributed by atoms with van der Waals surface area (Å²) >= 11 is 7.26. The normalized spacial score (nSPS) is 11.8. The van der Waals surface area contributed by atoms with Crippen molar-refractivity contribution >= 4 is 34.0 Å². The second-order valence-electron chi connectivity index (χ2n) is 5.24. The van der Waals surface area contributed by atoms with Gasteiger partial charge in [0.15, 0.2) is 6.10 Å². The molecule has 1 aromatic heterocycles. The van der Waals surface area contributed by atoms with Crippen LogP contribution in [-0.4, -0.2) is 22.2 Å². The summed E-state index contributed by atoms with van der Waals surface area (Å²) in [4.78, 5) is 12.4. The molecule has 0 aliphatic rings. The maximum Gasteiger partial charge on any atom is 0.267 e. The minimum atomic E-state index is -0.637. The number of rotatable bonds is 6. The van der Waals surface area contributed by atoms with E-state index in [9.17, 15) is 4.79 Å². The first-order valence-corrected chi connectivity index (χ1v) is 8.97. The molecule has 0 spiro atoms. The van der Waals surface area contributed by atoms with Crippen molar-refractivity contribution in [2.45, 2.75) is 19.4 Å². The molecule has 3 rings (SSSR count). The molecule has 3 aromatic rings. The molecule has 5 nitrogen and oxygen atoms in total. The molecule has 0 aliphatic heterocycles. The molecule has 0 fully saturated rings. The fourth-order valence-electron chi connectivity index (χ4n) is 2.18. The van der Waals surface area contributed by atoms with Gasteiger partial charge in [0, 0.05) is 10.6 Å². The number of nitrogens with one attached hydrogen (secondary N) is 1. The van der Waals surface area contributed by atoms with Crippen LogP contribution in [0.25, 0.3) is 10.6 Å². The Kier molecular flexibility index (Phi) is 5.63. The van der Waals surface area contributed by atoms with Crippen LogP contribution in [0.2, 0.25) is 5.02 Å². The molecule has 0 saturated heterocycles. The van der Waals surface area contributed by atoms with Gasteiger partial charge in [0.05, 0.1) is 0 Å². The van der Waals surface area contributed by atoms with Crippen molar-refractivity contribution < 1.29 is 9.53 Å². The van der Waals surface area contributed by atoms with Crippen LogP contribution in [0.3, 0.4) is 0 Å². The Morgan fingerprint density at radius 1 is 1.20 bits per heavy atom. The van der Waals surface area contributed by atoms with Gasteiger partial charge in [-0.25, -0.2) is 0 Å². The van der Waals surface area contributed by atoms with Crippen LogP contribution in [-0.2, 0) is 4.79 Å². The zero-order valence-electron chi connectivity index (χ0n) is 13.5. The van der Waals surface area contributed by atoms with Crippen LogP contribution in [0.1, 0.15) is 13.3 Å². The molecule has 2 aromatic carbocycles. The zero-order valence-corrected chi connectivity index (χ0v) is 15.1. The number of benzene rings is 2. The highest BCUT2D eigenvalue weighted by atomic mass is 35.5. The van der Waals surface area contributed by atoms with E-state index in [4.69, 9.17) is 16.3 Å². The van der Waals surface area contributed by atoms with E-state index in [1.54, 1.807) is 24.3 Å². The maximum atomic E-state index is 12.4. The molecular weight excluding hydrogens is 358 g/mol. The van der Waals surface area contributed by atoms with Crippen LogP contribution in [0, 0.1) is 0 Å². The number of carbonyl (C=O) groups excluding carboxylic acids is 1. The zero-order chi connectivity index (χ0) is 17.6. The number of halogens is 1. The second-order valence-corrected chi connectivity index (χ2v) is 6.65. The summed E-state index contributed by atoms with van der Waals surface area (Å²) in [6, 6.07) is 16.7. The third-order valence-electron chi connectivity index (χ3n) is 3.41. The lowest BCUT2D eigenvalue weighted by Crippen LogP contribution is -2.32. The number of aromatic nitrogens is 2. The van der Waals surface area contributed by atoms with Gasteiger partial charge in [0.25, 0.3) is 5.91 Å². The third kappa shape index (κ3) is 4.55. The van der Waals surface area contributed by atoms with Gasteiger partial charge < -0.3 is 4.74 Å². The molecule has 1 N–H and O–H groups in total. The first-order chi connectivity index (χ1) is 12.2. The van der Waals surface area contributed by atoms with Gasteiger partial charge in [0.2, 0.25) is 5.13 Å². The Balaban J connectivity index is 1.67. The highest BCUT2D eigenvalue weighted by Gasteiger charge is 2.20. The Morgan fingerprint density at radius 3 is 2.72 bits per heavy atom. The molecular formula is C18H16ClN3O2S. The van der Waals surface area contributed by atoms with Crippen molar-refractivity contribution in [3.8, 4) is 16.3 Å². The Labute approximate surface area is 154 Å². The van der Waals surface area contributed by atoms with Gasteiger partial charge in [-0.15, -0.1) is 10.2 Å². The van der Waals surface area contributed by atoms with E-state index in [-0.39, 0.29) is 5.91 Å². The van der Waals surface area contributed by atoms with Crippen LogP contribution in [0.5, 0.6) is 5.75 Å². The average molecular weight is 374 g/mol. The first kappa shape index (κ1) is 17.4. The molecule has 1 atom stereocenters. The first-order valence-electron chi connectivity index (χ1n) is 7.77. The lowest BCUT2D eigenvalue weighted by atomic mass is 10.2. The van der Waals surface area contributed by atoms with Gasteiger partial charge in [-0.2, -0.15) is 0 Å². The Morgan fingerprint density at radius 2 is 2.00 bits per heavy atom. The monoisotopic (exact) mass is 373 g/mol. The molecule has 0 unspecified atom stereocenters. The predicted molar refractivity (Wildman–Crippen MR) is 100 cm³/mol. The van der Waals surface area contributed by atoms with Gasteiger partial charge >= 0.3 is 0 Å². The summed E-state index contributed by atoms with van der Waals surface area (Å²) in [6.07, 6.45) is -0.120. The lowest BCUT2D eigenvalue weighted by Gasteiger charge is -2.16. The average Bonchev–Trinajstić information content (AvgIpc) is 3.09. The van der Waals surface area contributed by atoms with Crippen molar-refractivity contribution in [2.75, 3.05) is 5.32 Å². The SMILES string of the molecule is CC[C@H](Oc1cccc(Cl)c1)C(=O)Nc1nnc(-c2ccccc2)s1. The molecule has 0 bridgehead atoms. The van der Waals surface area contributed by atoms with E-state index >= 15 is 0 Å². The maximum absolute atomic E-state index is 12.4. The number of carbonyl (C=O) groups is 1. The van der Waals surface area contributed by atoms with E-state index in [0.717, 1.165) is 10.6 Å². The second kappa shape index (κ2) is 8.09. The number of amides is 1. The van der Waals surface area contributed by atoms with Crippen molar-refractivity contribution in [1.29, 1.82) is 0 Å². The topological polar surface area (TPSA) is 64.1 Å². The summed E-state index contributed by atoms with van der Waals surface area (Å²) in [6.45, 7) is 1.88. The third-order valence-corrected chi connectivity index (χ3v) is 4.54. The number of hydrogen-bond donors (Lipinski definition) is 1. The number of anilines is 1. The minimum absolute atomic E-state index is 0.266. The molecule has 1 heterocycles. The molecule has 0 aliphatic carbocycles. The highest BCUT2D eigenvalue weighted by molar-refractivity contribution is 7.18. The number of nitrogens with zero attached hydrogens (tertiary/aromatic N) is 2. The summed E-state index contributed by atoms with van der Waals surface area (Å²) in [5.74, 6) is 0.287. The minimum Gasteiger partial charge on any atom is -0.481 e. The van der Waals surface area contributed by atoms with Crippen LogP contribution < -0.4 is 10.1 Å². The van der Waals surface area contributed by atoms with Crippen molar-refractivity contribution in [1.82, 2.24) is 10.2 Å². The lowest BCUT2D eigenvalue weighted by molar-refractivity contribution is -0.122. The summed E-state index contributed by atoms with van der Waals surface area (Å²) in [5.41, 5.74) is 0.961. The Hall–Kier alpha value is -2.44. The van der Waals surface area contributed by atoms with Gasteiger partial charge in [-0.3, -0.25) is 10.1 Å². The van der Waals surface area contributed by atoms with Crippen molar-refractivity contribution in [3.63, 3.8) is 0 Å². The molecule has 128 valence electrons. The van der Waals surface area contributed by atoms with Crippen LogP contribution in [0.4, 0.5) is 5.13 Å². The number of hydrogen-bond acceptors (Lipinski definition) is 5. The van der Waals surface area contributed by atoms with Crippen molar-refractivity contribution in [2.24, 2.45) is 0 Å². The molecule has 0 saturated carbocycles. The fourth-order valence-corrected chi connectivity index (χ4v) is 3.12. The summed E-state index contributed by atoms with van der Waals surface area (Å²) in [7, 11) is 0. The summed E-state index contributed by atoms with van der Waals surface area (Å²) < 4.78 is 5.73. The number of ether oxygens (including phenoxy) is 1. The Bertz CT molecular complexity index is 854. The van der Waals surface area contributed by atoms with Gasteiger partial charge in [-0.1, -0.05) is 66.3 Å².